The van der Waals surface area contributed by atoms with Gasteiger partial charge in [-0.15, -0.1) is 0 Å². The fourth-order valence-corrected chi connectivity index (χ4v) is 4.45. The van der Waals surface area contributed by atoms with Crippen LogP contribution in [0.5, 0.6) is 17.2 Å². The minimum atomic E-state index is -0.0685. The van der Waals surface area contributed by atoms with Crippen molar-refractivity contribution >= 4 is 11.6 Å². The van der Waals surface area contributed by atoms with E-state index in [0.29, 0.717) is 55.1 Å². The summed E-state index contributed by atoms with van der Waals surface area (Å²) in [6.07, 6.45) is 3.81. The number of carbonyl (C=O) groups excluding carboxylic acids is 1. The molecule has 3 aliphatic rings. The summed E-state index contributed by atoms with van der Waals surface area (Å²) in [5, 5.41) is 12.8. The molecule has 1 aromatic heterocycles. The van der Waals surface area contributed by atoms with E-state index < -0.39 is 0 Å². The molecule has 3 aliphatic heterocycles. The topological polar surface area (TPSA) is 100.0 Å². The molecule has 9 nitrogen and oxygen atoms in total. The number of benzene rings is 1. The zero-order chi connectivity index (χ0) is 22.6. The van der Waals surface area contributed by atoms with Gasteiger partial charge in [-0.3, -0.25) is 9.78 Å². The molecule has 0 unspecified atom stereocenters. The largest absolute Gasteiger partial charge is 0.486 e. The third-order valence-electron chi connectivity index (χ3n) is 6.32. The Morgan fingerprint density at radius 3 is 2.70 bits per heavy atom. The van der Waals surface area contributed by atoms with Crippen molar-refractivity contribution in [2.45, 2.75) is 25.4 Å². The van der Waals surface area contributed by atoms with E-state index >= 15 is 0 Å². The maximum absolute atomic E-state index is 12.5. The lowest BCUT2D eigenvalue weighted by Crippen LogP contribution is -2.47. The summed E-state index contributed by atoms with van der Waals surface area (Å²) >= 11 is 0. The third kappa shape index (κ3) is 4.87. The van der Waals surface area contributed by atoms with Crippen LogP contribution in [-0.2, 0) is 11.3 Å². The molecular formula is C24H27N5O4. The SMILES string of the molecule is N#Cc1ccc2c(c1)N(CCN1CCC(NCc3cc4c(cn3)OCCO4)CC1)C(=O)CO2. The van der Waals surface area contributed by atoms with Gasteiger partial charge in [0.2, 0.25) is 0 Å². The van der Waals surface area contributed by atoms with Gasteiger partial charge in [0, 0.05) is 31.7 Å². The van der Waals surface area contributed by atoms with Gasteiger partial charge in [-0.05, 0) is 44.1 Å². The number of ether oxygens (including phenoxy) is 3. The molecule has 4 heterocycles. The van der Waals surface area contributed by atoms with Crippen LogP contribution >= 0.6 is 0 Å². The highest BCUT2D eigenvalue weighted by Gasteiger charge is 2.27. The second-order valence-electron chi connectivity index (χ2n) is 8.44. The minimum Gasteiger partial charge on any atom is -0.486 e. The van der Waals surface area contributed by atoms with Crippen molar-refractivity contribution in [2.24, 2.45) is 0 Å². The van der Waals surface area contributed by atoms with Gasteiger partial charge in [-0.1, -0.05) is 0 Å². The van der Waals surface area contributed by atoms with Crippen LogP contribution in [0, 0.1) is 11.3 Å². The Labute approximate surface area is 192 Å². The Bertz CT molecular complexity index is 1060. The zero-order valence-corrected chi connectivity index (χ0v) is 18.5. The Kier molecular flexibility index (Phi) is 6.28. The summed E-state index contributed by atoms with van der Waals surface area (Å²) in [7, 11) is 0. The molecule has 1 N–H and O–H groups in total. The average molecular weight is 450 g/mol. The quantitative estimate of drug-likeness (QED) is 0.712. The van der Waals surface area contributed by atoms with Gasteiger partial charge >= 0.3 is 0 Å². The fraction of sp³-hybridized carbons (Fsp3) is 0.458. The highest BCUT2D eigenvalue weighted by atomic mass is 16.6. The summed E-state index contributed by atoms with van der Waals surface area (Å²) in [6, 6.07) is 9.72. The summed E-state index contributed by atoms with van der Waals surface area (Å²) in [5.41, 5.74) is 2.16. The molecule has 0 spiro atoms. The van der Waals surface area contributed by atoms with Gasteiger partial charge in [-0.2, -0.15) is 5.26 Å². The van der Waals surface area contributed by atoms with E-state index in [0.717, 1.165) is 43.9 Å². The van der Waals surface area contributed by atoms with Crippen LogP contribution in [0.3, 0.4) is 0 Å². The lowest BCUT2D eigenvalue weighted by molar-refractivity contribution is -0.121. The monoisotopic (exact) mass is 449 g/mol. The van der Waals surface area contributed by atoms with Gasteiger partial charge < -0.3 is 29.3 Å². The van der Waals surface area contributed by atoms with Crippen molar-refractivity contribution in [1.29, 1.82) is 5.26 Å². The van der Waals surface area contributed by atoms with E-state index in [9.17, 15) is 10.1 Å². The van der Waals surface area contributed by atoms with Crippen LogP contribution < -0.4 is 24.4 Å². The molecule has 172 valence electrons. The van der Waals surface area contributed by atoms with Gasteiger partial charge in [-0.25, -0.2) is 0 Å². The summed E-state index contributed by atoms with van der Waals surface area (Å²) in [6.45, 7) is 5.19. The molecule has 1 saturated heterocycles. The number of aromatic nitrogens is 1. The van der Waals surface area contributed by atoms with Gasteiger partial charge in [0.25, 0.3) is 5.91 Å². The molecule has 0 saturated carbocycles. The van der Waals surface area contributed by atoms with Crippen molar-refractivity contribution in [3.8, 4) is 23.3 Å². The number of amides is 1. The predicted molar refractivity (Wildman–Crippen MR) is 121 cm³/mol. The van der Waals surface area contributed by atoms with Gasteiger partial charge in [0.1, 0.15) is 19.0 Å². The molecule has 0 atom stereocenters. The number of fused-ring (bicyclic) bond motifs is 2. The molecule has 0 aliphatic carbocycles. The molecule has 33 heavy (non-hydrogen) atoms. The van der Waals surface area contributed by atoms with E-state index in [4.69, 9.17) is 14.2 Å². The molecular weight excluding hydrogens is 422 g/mol. The number of anilines is 1. The molecule has 1 aromatic carbocycles. The number of carbonyl (C=O) groups is 1. The average Bonchev–Trinajstić information content (AvgIpc) is 2.87. The van der Waals surface area contributed by atoms with Crippen LogP contribution in [0.15, 0.2) is 30.5 Å². The second-order valence-corrected chi connectivity index (χ2v) is 8.44. The van der Waals surface area contributed by atoms with Crippen molar-refractivity contribution < 1.29 is 19.0 Å². The van der Waals surface area contributed by atoms with Crippen LogP contribution in [0.1, 0.15) is 24.1 Å². The molecule has 5 rings (SSSR count). The maximum Gasteiger partial charge on any atom is 0.265 e. The Morgan fingerprint density at radius 2 is 1.88 bits per heavy atom. The predicted octanol–water partition coefficient (Wildman–Crippen LogP) is 1.70. The number of rotatable bonds is 6. The van der Waals surface area contributed by atoms with E-state index in [-0.39, 0.29) is 12.5 Å². The third-order valence-corrected chi connectivity index (χ3v) is 6.32. The smallest absolute Gasteiger partial charge is 0.265 e. The normalized spacial score (nSPS) is 18.4. The number of piperidine rings is 1. The van der Waals surface area contributed by atoms with Crippen LogP contribution in [-0.4, -0.2) is 67.8 Å². The lowest BCUT2D eigenvalue weighted by atomic mass is 10.0. The Hall–Kier alpha value is -3.35. The van der Waals surface area contributed by atoms with Gasteiger partial charge in [0.15, 0.2) is 18.1 Å². The van der Waals surface area contributed by atoms with E-state index in [2.05, 4.69) is 21.3 Å². The Morgan fingerprint density at radius 1 is 1.06 bits per heavy atom. The van der Waals surface area contributed by atoms with E-state index in [1.165, 1.54) is 0 Å². The molecule has 2 aromatic rings. The highest BCUT2D eigenvalue weighted by molar-refractivity contribution is 5.98. The van der Waals surface area contributed by atoms with Crippen LogP contribution in [0.4, 0.5) is 5.69 Å². The van der Waals surface area contributed by atoms with Crippen molar-refractivity contribution in [1.82, 2.24) is 15.2 Å². The lowest BCUT2D eigenvalue weighted by Gasteiger charge is -2.35. The number of hydrogen-bond acceptors (Lipinski definition) is 8. The summed E-state index contributed by atoms with van der Waals surface area (Å²) < 4.78 is 16.7. The summed E-state index contributed by atoms with van der Waals surface area (Å²) in [5.74, 6) is 2.07. The number of nitriles is 1. The first-order valence-electron chi connectivity index (χ1n) is 11.4. The standard InChI is InChI=1S/C24H27N5O4/c25-13-17-1-2-21-20(11-17)29(24(30)16-33-21)8-7-28-5-3-18(4-6-28)26-14-19-12-22-23(15-27-19)32-10-9-31-22/h1-2,11-12,15,18,26H,3-10,14,16H2. The first-order valence-corrected chi connectivity index (χ1v) is 11.4. The zero-order valence-electron chi connectivity index (χ0n) is 18.5. The number of pyridine rings is 1. The first-order chi connectivity index (χ1) is 16.2. The highest BCUT2D eigenvalue weighted by Crippen LogP contribution is 2.33. The number of hydrogen-bond donors (Lipinski definition) is 1. The second kappa shape index (κ2) is 9.65. The van der Waals surface area contributed by atoms with Crippen LogP contribution in [0.25, 0.3) is 0 Å². The molecule has 1 amide bonds. The van der Waals surface area contributed by atoms with Crippen molar-refractivity contribution in [3.05, 3.63) is 41.7 Å². The summed E-state index contributed by atoms with van der Waals surface area (Å²) in [4.78, 5) is 21.1. The number of nitrogens with one attached hydrogen (secondary N) is 1. The van der Waals surface area contributed by atoms with Crippen molar-refractivity contribution in [2.75, 3.05) is 50.9 Å². The maximum atomic E-state index is 12.5. The molecule has 0 radical (unpaired) electrons. The minimum absolute atomic E-state index is 0.0405. The molecule has 9 heteroatoms. The number of likely N-dealkylation sites (tertiary alicyclic amines) is 1. The van der Waals surface area contributed by atoms with Gasteiger partial charge in [0.05, 0.1) is 29.2 Å². The van der Waals surface area contributed by atoms with E-state index in [1.807, 2.05) is 6.07 Å². The Balaban J connectivity index is 1.10. The number of nitrogens with zero attached hydrogens (tertiary/aromatic N) is 4. The van der Waals surface area contributed by atoms with Crippen LogP contribution in [0.2, 0.25) is 0 Å². The fourth-order valence-electron chi connectivity index (χ4n) is 4.45. The first kappa shape index (κ1) is 21.5. The molecule has 1 fully saturated rings. The van der Waals surface area contributed by atoms with Crippen molar-refractivity contribution in [3.63, 3.8) is 0 Å². The van der Waals surface area contributed by atoms with E-state index in [1.54, 1.807) is 29.3 Å². The molecule has 0 bridgehead atoms.